The second kappa shape index (κ2) is 6.00. The van der Waals surface area contributed by atoms with Crippen molar-refractivity contribution in [3.8, 4) is 0 Å². The van der Waals surface area contributed by atoms with Crippen LogP contribution in [0.1, 0.15) is 19.8 Å². The van der Waals surface area contributed by atoms with Gasteiger partial charge in [0.25, 0.3) is 0 Å². The third kappa shape index (κ3) is 3.46. The largest absolute Gasteiger partial charge is 0.397 e. The van der Waals surface area contributed by atoms with Gasteiger partial charge in [-0.3, -0.25) is 4.79 Å². The van der Waals surface area contributed by atoms with E-state index in [1.54, 1.807) is 0 Å². The van der Waals surface area contributed by atoms with Gasteiger partial charge in [-0.15, -0.1) is 0 Å². The van der Waals surface area contributed by atoms with Gasteiger partial charge in [0.15, 0.2) is 0 Å². The summed E-state index contributed by atoms with van der Waals surface area (Å²) in [6.07, 6.45) is 1.36. The van der Waals surface area contributed by atoms with Gasteiger partial charge in [-0.05, 0) is 18.6 Å². The minimum absolute atomic E-state index is 0.282. The van der Waals surface area contributed by atoms with Crippen molar-refractivity contribution >= 4 is 17.3 Å². The van der Waals surface area contributed by atoms with Gasteiger partial charge >= 0.3 is 0 Å². The molecule has 4 nitrogen and oxygen atoms in total. The Morgan fingerprint density at radius 1 is 1.31 bits per heavy atom. The zero-order valence-electron chi connectivity index (χ0n) is 9.65. The lowest BCUT2D eigenvalue weighted by Crippen LogP contribution is -2.29. The number of primary amides is 1. The molecule has 16 heavy (non-hydrogen) atoms. The Labute approximate surface area is 96.2 Å². The van der Waals surface area contributed by atoms with Gasteiger partial charge in [-0.1, -0.05) is 19.1 Å². The van der Waals surface area contributed by atoms with E-state index in [4.69, 9.17) is 11.5 Å². The number of carbonyl (C=O) groups excluding carboxylic acids is 1. The van der Waals surface area contributed by atoms with Gasteiger partial charge in [-0.25, -0.2) is 0 Å². The van der Waals surface area contributed by atoms with Crippen LogP contribution < -0.4 is 16.4 Å². The summed E-state index contributed by atoms with van der Waals surface area (Å²) in [5, 5.41) is 0. The van der Waals surface area contributed by atoms with E-state index in [0.29, 0.717) is 13.0 Å². The number of benzene rings is 1. The van der Waals surface area contributed by atoms with Gasteiger partial charge in [0.2, 0.25) is 5.91 Å². The summed E-state index contributed by atoms with van der Waals surface area (Å²) in [6.45, 7) is 3.59. The smallest absolute Gasteiger partial charge is 0.219 e. The van der Waals surface area contributed by atoms with Crippen molar-refractivity contribution in [3.63, 3.8) is 0 Å². The Bertz CT molecular complexity index is 352. The molecule has 0 radical (unpaired) electrons. The minimum atomic E-state index is -0.282. The van der Waals surface area contributed by atoms with E-state index in [9.17, 15) is 4.79 Å². The summed E-state index contributed by atoms with van der Waals surface area (Å²) in [7, 11) is 0. The highest BCUT2D eigenvalue weighted by Crippen LogP contribution is 2.22. The first-order valence-corrected chi connectivity index (χ1v) is 5.53. The minimum Gasteiger partial charge on any atom is -0.397 e. The molecule has 0 heterocycles. The number of anilines is 2. The van der Waals surface area contributed by atoms with Crippen LogP contribution in [0.4, 0.5) is 11.4 Å². The predicted octanol–water partition coefficient (Wildman–Crippen LogP) is 1.36. The number of nitrogen functional groups attached to an aromatic ring is 1. The number of rotatable bonds is 6. The predicted molar refractivity (Wildman–Crippen MR) is 67.2 cm³/mol. The summed E-state index contributed by atoms with van der Waals surface area (Å²) in [5.41, 5.74) is 12.8. The normalized spacial score (nSPS) is 10.1. The summed E-state index contributed by atoms with van der Waals surface area (Å²) >= 11 is 0. The zero-order chi connectivity index (χ0) is 12.0. The molecule has 0 saturated carbocycles. The summed E-state index contributed by atoms with van der Waals surface area (Å²) in [5.74, 6) is -0.282. The highest BCUT2D eigenvalue weighted by Gasteiger charge is 2.09. The molecule has 4 heteroatoms. The van der Waals surface area contributed by atoms with Gasteiger partial charge < -0.3 is 16.4 Å². The molecule has 88 valence electrons. The van der Waals surface area contributed by atoms with Crippen molar-refractivity contribution in [3.05, 3.63) is 24.3 Å². The Morgan fingerprint density at radius 3 is 2.56 bits per heavy atom. The Kier molecular flexibility index (Phi) is 4.64. The number of para-hydroxylation sites is 2. The molecule has 0 bridgehead atoms. The number of amides is 1. The van der Waals surface area contributed by atoms with E-state index >= 15 is 0 Å². The number of nitrogens with two attached hydrogens (primary N) is 2. The van der Waals surface area contributed by atoms with E-state index in [1.807, 2.05) is 24.3 Å². The first kappa shape index (κ1) is 12.4. The van der Waals surface area contributed by atoms with Crippen LogP contribution >= 0.6 is 0 Å². The molecule has 0 spiro atoms. The topological polar surface area (TPSA) is 72.3 Å². The van der Waals surface area contributed by atoms with Gasteiger partial charge in [0.1, 0.15) is 0 Å². The highest BCUT2D eigenvalue weighted by molar-refractivity contribution is 5.75. The van der Waals surface area contributed by atoms with Crippen LogP contribution in [0.15, 0.2) is 24.3 Å². The van der Waals surface area contributed by atoms with E-state index in [-0.39, 0.29) is 5.91 Å². The van der Waals surface area contributed by atoms with Crippen molar-refractivity contribution in [2.45, 2.75) is 19.8 Å². The Hall–Kier alpha value is -1.71. The van der Waals surface area contributed by atoms with E-state index in [0.717, 1.165) is 24.3 Å². The summed E-state index contributed by atoms with van der Waals surface area (Å²) in [6, 6.07) is 7.67. The molecule has 0 saturated heterocycles. The molecule has 1 amide bonds. The van der Waals surface area contributed by atoms with E-state index in [1.165, 1.54) is 0 Å². The van der Waals surface area contributed by atoms with E-state index < -0.39 is 0 Å². The maximum atomic E-state index is 10.8. The molecule has 1 aromatic rings. The van der Waals surface area contributed by atoms with Gasteiger partial charge in [0.05, 0.1) is 11.4 Å². The molecule has 0 aliphatic rings. The molecule has 1 rings (SSSR count). The van der Waals surface area contributed by atoms with Crippen LogP contribution in [0.2, 0.25) is 0 Å². The number of hydrogen-bond donors (Lipinski definition) is 2. The van der Waals surface area contributed by atoms with Crippen molar-refractivity contribution in [1.29, 1.82) is 0 Å². The molecule has 0 atom stereocenters. The van der Waals surface area contributed by atoms with Crippen molar-refractivity contribution in [2.24, 2.45) is 5.73 Å². The lowest BCUT2D eigenvalue weighted by Gasteiger charge is -2.25. The average molecular weight is 221 g/mol. The molecule has 0 aliphatic carbocycles. The quantitative estimate of drug-likeness (QED) is 0.712. The SMILES string of the molecule is CCCN(CCC(N)=O)c1ccccc1N. The fourth-order valence-electron chi connectivity index (χ4n) is 1.64. The van der Waals surface area contributed by atoms with Crippen molar-refractivity contribution in [2.75, 3.05) is 23.7 Å². The molecular weight excluding hydrogens is 202 g/mol. The van der Waals surface area contributed by atoms with E-state index in [2.05, 4.69) is 11.8 Å². The fraction of sp³-hybridized carbons (Fsp3) is 0.417. The third-order valence-corrected chi connectivity index (χ3v) is 2.40. The summed E-state index contributed by atoms with van der Waals surface area (Å²) < 4.78 is 0. The second-order valence-electron chi connectivity index (χ2n) is 3.76. The average Bonchev–Trinajstić information content (AvgIpc) is 2.25. The standard InChI is InChI=1S/C12H19N3O/c1-2-8-15(9-7-12(14)16)11-6-4-3-5-10(11)13/h3-6H,2,7-9,13H2,1H3,(H2,14,16). The Morgan fingerprint density at radius 2 is 2.00 bits per heavy atom. The van der Waals surface area contributed by atoms with Crippen molar-refractivity contribution < 1.29 is 4.79 Å². The summed E-state index contributed by atoms with van der Waals surface area (Å²) in [4.78, 5) is 12.9. The number of hydrogen-bond acceptors (Lipinski definition) is 3. The maximum Gasteiger partial charge on any atom is 0.219 e. The van der Waals surface area contributed by atoms with Gasteiger partial charge in [-0.2, -0.15) is 0 Å². The molecular formula is C12H19N3O. The van der Waals surface area contributed by atoms with Crippen LogP contribution in [0.25, 0.3) is 0 Å². The van der Waals surface area contributed by atoms with Crippen LogP contribution in [-0.4, -0.2) is 19.0 Å². The molecule has 0 unspecified atom stereocenters. The van der Waals surface area contributed by atoms with Crippen LogP contribution in [0.5, 0.6) is 0 Å². The molecule has 1 aromatic carbocycles. The Balaban J connectivity index is 2.76. The van der Waals surface area contributed by atoms with Crippen molar-refractivity contribution in [1.82, 2.24) is 0 Å². The van der Waals surface area contributed by atoms with Crippen LogP contribution in [0, 0.1) is 0 Å². The first-order chi connectivity index (χ1) is 7.65. The third-order valence-electron chi connectivity index (χ3n) is 2.40. The fourth-order valence-corrected chi connectivity index (χ4v) is 1.64. The zero-order valence-corrected chi connectivity index (χ0v) is 9.65. The second-order valence-corrected chi connectivity index (χ2v) is 3.76. The monoisotopic (exact) mass is 221 g/mol. The molecule has 0 fully saturated rings. The first-order valence-electron chi connectivity index (χ1n) is 5.53. The molecule has 4 N–H and O–H groups in total. The van der Waals surface area contributed by atoms with Gasteiger partial charge in [0, 0.05) is 19.5 Å². The van der Waals surface area contributed by atoms with Crippen LogP contribution in [-0.2, 0) is 4.79 Å². The van der Waals surface area contributed by atoms with Crippen LogP contribution in [0.3, 0.4) is 0 Å². The lowest BCUT2D eigenvalue weighted by molar-refractivity contribution is -0.117. The maximum absolute atomic E-state index is 10.8. The highest BCUT2D eigenvalue weighted by atomic mass is 16.1. The lowest BCUT2D eigenvalue weighted by atomic mass is 10.2. The number of carbonyl (C=O) groups is 1. The molecule has 0 aliphatic heterocycles. The molecule has 0 aromatic heterocycles. The number of nitrogens with zero attached hydrogens (tertiary/aromatic N) is 1.